The van der Waals surface area contributed by atoms with Gasteiger partial charge in [0.05, 0.1) is 22.8 Å². The van der Waals surface area contributed by atoms with Gasteiger partial charge in [-0.3, -0.25) is 9.89 Å². The zero-order valence-corrected chi connectivity index (χ0v) is 15.6. The van der Waals surface area contributed by atoms with Gasteiger partial charge in [-0.25, -0.2) is 4.98 Å². The lowest BCUT2D eigenvalue weighted by molar-refractivity contribution is 0.0555. The van der Waals surface area contributed by atoms with Crippen LogP contribution in [-0.2, 0) is 0 Å². The van der Waals surface area contributed by atoms with Crippen molar-refractivity contribution in [1.29, 1.82) is 0 Å². The molecule has 0 saturated carbocycles. The Balaban J connectivity index is 1.53. The standard InChI is InChI=1S/C21H23N5O2/c27-15-4-2-14(3-5-15)18-10-16(17-11-23-25-19(17)24-18)20(28)26-9-1-6-21(13-26)7-8-22-12-21/h2-5,10-11,22,27H,1,6-9,12-13H2,(H,23,24,25). The molecular formula is C21H23N5O2. The smallest absolute Gasteiger partial charge is 0.254 e. The first-order valence-electron chi connectivity index (χ1n) is 9.77. The number of aromatic hydroxyl groups is 1. The molecule has 2 aliphatic heterocycles. The maximum absolute atomic E-state index is 13.5. The summed E-state index contributed by atoms with van der Waals surface area (Å²) in [6.07, 6.45) is 5.03. The van der Waals surface area contributed by atoms with E-state index in [0.717, 1.165) is 50.0 Å². The summed E-state index contributed by atoms with van der Waals surface area (Å²) in [5.74, 6) is 0.242. The number of carbonyl (C=O) groups is 1. The molecule has 5 rings (SSSR count). The van der Waals surface area contributed by atoms with Gasteiger partial charge in [0, 0.05) is 30.6 Å². The maximum atomic E-state index is 13.5. The lowest BCUT2D eigenvalue weighted by Crippen LogP contribution is -2.47. The third-order valence-electron chi connectivity index (χ3n) is 6.10. The largest absolute Gasteiger partial charge is 0.508 e. The second-order valence-corrected chi connectivity index (χ2v) is 7.99. The number of rotatable bonds is 2. The van der Waals surface area contributed by atoms with Crippen LogP contribution in [0.4, 0.5) is 0 Å². The molecule has 2 aliphatic rings. The summed E-state index contributed by atoms with van der Waals surface area (Å²) in [7, 11) is 0. The molecule has 2 aromatic heterocycles. The molecule has 1 spiro atoms. The van der Waals surface area contributed by atoms with Gasteiger partial charge < -0.3 is 15.3 Å². The van der Waals surface area contributed by atoms with Crippen LogP contribution in [0.5, 0.6) is 5.75 Å². The minimum Gasteiger partial charge on any atom is -0.508 e. The van der Waals surface area contributed by atoms with Crippen LogP contribution in [0.15, 0.2) is 36.5 Å². The highest BCUT2D eigenvalue weighted by atomic mass is 16.3. The summed E-state index contributed by atoms with van der Waals surface area (Å²) < 4.78 is 0. The number of carbonyl (C=O) groups excluding carboxylic acids is 1. The number of hydrogen-bond acceptors (Lipinski definition) is 5. The molecule has 7 nitrogen and oxygen atoms in total. The molecule has 1 aromatic carbocycles. The lowest BCUT2D eigenvalue weighted by atomic mass is 9.79. The fourth-order valence-electron chi connectivity index (χ4n) is 4.58. The molecule has 4 heterocycles. The Morgan fingerprint density at radius 1 is 1.21 bits per heavy atom. The van der Waals surface area contributed by atoms with Crippen LogP contribution in [0, 0.1) is 5.41 Å². The topological polar surface area (TPSA) is 94.1 Å². The number of benzene rings is 1. The maximum Gasteiger partial charge on any atom is 0.254 e. The van der Waals surface area contributed by atoms with E-state index in [0.29, 0.717) is 16.9 Å². The van der Waals surface area contributed by atoms with Crippen LogP contribution in [-0.4, -0.2) is 57.3 Å². The number of phenolic OH excluding ortho intramolecular Hbond substituents is 1. The van der Waals surface area contributed by atoms with E-state index < -0.39 is 0 Å². The van der Waals surface area contributed by atoms with Crippen molar-refractivity contribution in [1.82, 2.24) is 25.4 Å². The van der Waals surface area contributed by atoms with E-state index in [1.807, 2.05) is 11.0 Å². The number of nitrogens with one attached hydrogen (secondary N) is 2. The predicted octanol–water partition coefficient (Wildman–Crippen LogP) is 2.55. The van der Waals surface area contributed by atoms with E-state index in [-0.39, 0.29) is 17.1 Å². The van der Waals surface area contributed by atoms with E-state index in [2.05, 4.69) is 20.5 Å². The number of likely N-dealkylation sites (tertiary alicyclic amines) is 1. The number of amides is 1. The Hall–Kier alpha value is -2.93. The number of aromatic nitrogens is 3. The summed E-state index contributed by atoms with van der Waals surface area (Å²) >= 11 is 0. The van der Waals surface area contributed by atoms with Gasteiger partial charge in [-0.05, 0) is 56.1 Å². The Labute approximate surface area is 162 Å². The van der Waals surface area contributed by atoms with E-state index >= 15 is 0 Å². The number of aromatic amines is 1. The molecule has 28 heavy (non-hydrogen) atoms. The minimum absolute atomic E-state index is 0.0415. The van der Waals surface area contributed by atoms with Gasteiger partial charge in [0.2, 0.25) is 0 Å². The fraction of sp³-hybridized carbons (Fsp3) is 0.381. The summed E-state index contributed by atoms with van der Waals surface area (Å²) in [4.78, 5) is 20.1. The third kappa shape index (κ3) is 2.92. The molecule has 0 bridgehead atoms. The number of nitrogens with zero attached hydrogens (tertiary/aromatic N) is 3. The summed E-state index contributed by atoms with van der Waals surface area (Å²) in [6, 6.07) is 8.69. The highest BCUT2D eigenvalue weighted by Crippen LogP contribution is 2.36. The van der Waals surface area contributed by atoms with Gasteiger partial charge in [0.1, 0.15) is 5.75 Å². The zero-order chi connectivity index (χ0) is 19.1. The summed E-state index contributed by atoms with van der Waals surface area (Å²) in [5, 5.41) is 20.8. The normalized spacial score (nSPS) is 22.2. The summed E-state index contributed by atoms with van der Waals surface area (Å²) in [6.45, 7) is 3.62. The van der Waals surface area contributed by atoms with Crippen LogP contribution in [0.3, 0.4) is 0 Å². The van der Waals surface area contributed by atoms with Crippen LogP contribution in [0.2, 0.25) is 0 Å². The van der Waals surface area contributed by atoms with Crippen LogP contribution in [0.1, 0.15) is 29.6 Å². The van der Waals surface area contributed by atoms with Gasteiger partial charge in [-0.2, -0.15) is 5.10 Å². The Bertz CT molecular complexity index is 1020. The monoisotopic (exact) mass is 377 g/mol. The SMILES string of the molecule is O=C(c1cc(-c2ccc(O)cc2)nc2[nH]ncc12)N1CCCC2(CCNC2)C1. The Morgan fingerprint density at radius 2 is 2.07 bits per heavy atom. The first kappa shape index (κ1) is 17.2. The van der Waals surface area contributed by atoms with E-state index in [1.165, 1.54) is 6.42 Å². The van der Waals surface area contributed by atoms with Gasteiger partial charge in [-0.1, -0.05) is 0 Å². The molecule has 2 saturated heterocycles. The number of H-pyrrole nitrogens is 1. The zero-order valence-electron chi connectivity index (χ0n) is 15.6. The number of pyridine rings is 1. The van der Waals surface area contributed by atoms with Gasteiger partial charge in [-0.15, -0.1) is 0 Å². The van der Waals surface area contributed by atoms with Crippen molar-refractivity contribution in [3.63, 3.8) is 0 Å². The average molecular weight is 377 g/mol. The van der Waals surface area contributed by atoms with Crippen molar-refractivity contribution in [3.8, 4) is 17.0 Å². The molecule has 1 atom stereocenters. The van der Waals surface area contributed by atoms with Crippen molar-refractivity contribution >= 4 is 16.9 Å². The molecular weight excluding hydrogens is 354 g/mol. The molecule has 144 valence electrons. The quantitative estimate of drug-likeness (QED) is 0.638. The number of hydrogen-bond donors (Lipinski definition) is 3. The molecule has 0 aliphatic carbocycles. The first-order valence-corrected chi connectivity index (χ1v) is 9.77. The fourth-order valence-corrected chi connectivity index (χ4v) is 4.58. The van der Waals surface area contributed by atoms with Crippen LogP contribution >= 0.6 is 0 Å². The molecule has 7 heteroatoms. The van der Waals surface area contributed by atoms with E-state index in [9.17, 15) is 9.90 Å². The Kier molecular flexibility index (Phi) is 4.05. The van der Waals surface area contributed by atoms with Crippen molar-refractivity contribution in [3.05, 3.63) is 42.1 Å². The summed E-state index contributed by atoms with van der Waals surface area (Å²) in [5.41, 5.74) is 2.98. The van der Waals surface area contributed by atoms with Crippen molar-refractivity contribution in [2.24, 2.45) is 5.41 Å². The van der Waals surface area contributed by atoms with Crippen molar-refractivity contribution in [2.45, 2.75) is 19.3 Å². The molecule has 2 fully saturated rings. The molecule has 1 unspecified atom stereocenters. The number of fused-ring (bicyclic) bond motifs is 1. The van der Waals surface area contributed by atoms with Crippen molar-refractivity contribution < 1.29 is 9.90 Å². The highest BCUT2D eigenvalue weighted by molar-refractivity contribution is 6.06. The molecule has 3 aromatic rings. The van der Waals surface area contributed by atoms with Gasteiger partial charge in [0.15, 0.2) is 5.65 Å². The van der Waals surface area contributed by atoms with Crippen LogP contribution < -0.4 is 5.32 Å². The minimum atomic E-state index is 0.0415. The van der Waals surface area contributed by atoms with E-state index in [1.54, 1.807) is 30.5 Å². The third-order valence-corrected chi connectivity index (χ3v) is 6.10. The Morgan fingerprint density at radius 3 is 2.86 bits per heavy atom. The van der Waals surface area contributed by atoms with Gasteiger partial charge in [0.25, 0.3) is 5.91 Å². The van der Waals surface area contributed by atoms with E-state index in [4.69, 9.17) is 0 Å². The predicted molar refractivity (Wildman–Crippen MR) is 106 cm³/mol. The van der Waals surface area contributed by atoms with Crippen LogP contribution in [0.25, 0.3) is 22.3 Å². The molecule has 3 N–H and O–H groups in total. The number of piperidine rings is 1. The first-order chi connectivity index (χ1) is 13.6. The average Bonchev–Trinajstić information content (AvgIpc) is 3.37. The van der Waals surface area contributed by atoms with Gasteiger partial charge >= 0.3 is 0 Å². The van der Waals surface area contributed by atoms with Crippen molar-refractivity contribution in [2.75, 3.05) is 26.2 Å². The second-order valence-electron chi connectivity index (χ2n) is 7.99. The molecule has 1 amide bonds. The number of phenols is 1. The highest BCUT2D eigenvalue weighted by Gasteiger charge is 2.39. The second kappa shape index (κ2) is 6.60. The lowest BCUT2D eigenvalue weighted by Gasteiger charge is -2.40. The molecule has 0 radical (unpaired) electrons.